The lowest BCUT2D eigenvalue weighted by Gasteiger charge is -2.09. The standard InChI is InChI=1S/C15H22FNO2/c1-11(2)19-10-5-4-9-17-15(18)13-8-6-7-12(3)14(13)16/h6-8,11H,4-5,9-10H2,1-3H3,(H,17,18). The van der Waals surface area contributed by atoms with Crippen LogP contribution in [0, 0.1) is 12.7 Å². The minimum absolute atomic E-state index is 0.110. The van der Waals surface area contributed by atoms with Crippen LogP contribution < -0.4 is 5.32 Å². The molecular weight excluding hydrogens is 245 g/mol. The third-order valence-electron chi connectivity index (χ3n) is 2.74. The summed E-state index contributed by atoms with van der Waals surface area (Å²) in [5.74, 6) is -0.797. The van der Waals surface area contributed by atoms with Crippen LogP contribution in [0.2, 0.25) is 0 Å². The highest BCUT2D eigenvalue weighted by atomic mass is 19.1. The van der Waals surface area contributed by atoms with Gasteiger partial charge >= 0.3 is 0 Å². The van der Waals surface area contributed by atoms with Crippen molar-refractivity contribution in [3.63, 3.8) is 0 Å². The average molecular weight is 267 g/mol. The van der Waals surface area contributed by atoms with Crippen LogP contribution in [0.25, 0.3) is 0 Å². The van der Waals surface area contributed by atoms with Crippen molar-refractivity contribution >= 4 is 5.91 Å². The molecule has 3 nitrogen and oxygen atoms in total. The van der Waals surface area contributed by atoms with Crippen LogP contribution in [-0.4, -0.2) is 25.2 Å². The molecule has 0 atom stereocenters. The highest BCUT2D eigenvalue weighted by molar-refractivity contribution is 5.94. The van der Waals surface area contributed by atoms with Crippen molar-refractivity contribution in [2.24, 2.45) is 0 Å². The number of benzene rings is 1. The van der Waals surface area contributed by atoms with E-state index in [0.29, 0.717) is 18.7 Å². The Kier molecular flexibility index (Phi) is 6.50. The molecule has 0 heterocycles. The number of ether oxygens (including phenoxy) is 1. The molecule has 1 amide bonds. The fraction of sp³-hybridized carbons (Fsp3) is 0.533. The molecule has 1 aromatic rings. The fourth-order valence-electron chi connectivity index (χ4n) is 1.67. The smallest absolute Gasteiger partial charge is 0.254 e. The molecule has 0 bridgehead atoms. The van der Waals surface area contributed by atoms with Crippen molar-refractivity contribution in [1.82, 2.24) is 5.32 Å². The summed E-state index contributed by atoms with van der Waals surface area (Å²) in [4.78, 5) is 11.8. The van der Waals surface area contributed by atoms with Gasteiger partial charge in [0.15, 0.2) is 0 Å². The first-order valence-electron chi connectivity index (χ1n) is 6.67. The van der Waals surface area contributed by atoms with Crippen molar-refractivity contribution in [3.8, 4) is 0 Å². The second kappa shape index (κ2) is 7.89. The molecule has 19 heavy (non-hydrogen) atoms. The maximum absolute atomic E-state index is 13.7. The molecule has 0 saturated carbocycles. The Bertz CT molecular complexity index is 419. The van der Waals surface area contributed by atoms with Crippen LogP contribution in [0.3, 0.4) is 0 Å². The molecule has 0 fully saturated rings. The number of nitrogens with one attached hydrogen (secondary N) is 1. The Morgan fingerprint density at radius 2 is 2.11 bits per heavy atom. The summed E-state index contributed by atoms with van der Waals surface area (Å²) >= 11 is 0. The van der Waals surface area contributed by atoms with E-state index in [4.69, 9.17) is 4.74 Å². The molecule has 0 saturated heterocycles. The second-order valence-corrected chi connectivity index (χ2v) is 4.82. The van der Waals surface area contributed by atoms with E-state index in [2.05, 4.69) is 5.32 Å². The van der Waals surface area contributed by atoms with Crippen LogP contribution in [0.1, 0.15) is 42.6 Å². The molecular formula is C15H22FNO2. The number of halogens is 1. The normalized spacial score (nSPS) is 10.8. The lowest BCUT2D eigenvalue weighted by atomic mass is 10.1. The molecule has 1 N–H and O–H groups in total. The van der Waals surface area contributed by atoms with E-state index in [1.165, 1.54) is 6.07 Å². The summed E-state index contributed by atoms with van der Waals surface area (Å²) < 4.78 is 19.1. The number of rotatable bonds is 7. The highest BCUT2D eigenvalue weighted by Crippen LogP contribution is 2.11. The van der Waals surface area contributed by atoms with Gasteiger partial charge in [-0.3, -0.25) is 4.79 Å². The van der Waals surface area contributed by atoms with Crippen molar-refractivity contribution in [2.45, 2.75) is 39.7 Å². The van der Waals surface area contributed by atoms with E-state index in [1.807, 2.05) is 13.8 Å². The van der Waals surface area contributed by atoms with E-state index < -0.39 is 5.82 Å². The molecule has 0 radical (unpaired) electrons. The quantitative estimate of drug-likeness (QED) is 0.771. The average Bonchev–Trinajstić information content (AvgIpc) is 2.36. The summed E-state index contributed by atoms with van der Waals surface area (Å²) in [7, 11) is 0. The predicted molar refractivity (Wildman–Crippen MR) is 73.8 cm³/mol. The Morgan fingerprint density at radius 1 is 1.37 bits per heavy atom. The minimum atomic E-state index is -0.442. The first-order chi connectivity index (χ1) is 9.02. The van der Waals surface area contributed by atoms with Crippen LogP contribution >= 0.6 is 0 Å². The molecule has 0 aliphatic carbocycles. The zero-order chi connectivity index (χ0) is 14.3. The van der Waals surface area contributed by atoms with Gasteiger partial charge < -0.3 is 10.1 Å². The maximum Gasteiger partial charge on any atom is 0.254 e. The minimum Gasteiger partial charge on any atom is -0.379 e. The third kappa shape index (κ3) is 5.39. The van der Waals surface area contributed by atoms with Gasteiger partial charge in [0.1, 0.15) is 5.82 Å². The third-order valence-corrected chi connectivity index (χ3v) is 2.74. The first kappa shape index (κ1) is 15.6. The van der Waals surface area contributed by atoms with Gasteiger partial charge in [-0.2, -0.15) is 0 Å². The highest BCUT2D eigenvalue weighted by Gasteiger charge is 2.12. The Labute approximate surface area is 114 Å². The molecule has 0 aromatic heterocycles. The van der Waals surface area contributed by atoms with Gasteiger partial charge in [0.05, 0.1) is 11.7 Å². The Morgan fingerprint density at radius 3 is 2.79 bits per heavy atom. The lowest BCUT2D eigenvalue weighted by Crippen LogP contribution is -2.25. The number of unbranched alkanes of at least 4 members (excludes halogenated alkanes) is 1. The van der Waals surface area contributed by atoms with Gasteiger partial charge in [-0.05, 0) is 45.2 Å². The molecule has 0 spiro atoms. The van der Waals surface area contributed by atoms with Crippen molar-refractivity contribution in [3.05, 3.63) is 35.1 Å². The predicted octanol–water partition coefficient (Wildman–Crippen LogP) is 3.07. The lowest BCUT2D eigenvalue weighted by molar-refractivity contribution is 0.0754. The van der Waals surface area contributed by atoms with Gasteiger partial charge in [-0.1, -0.05) is 12.1 Å². The van der Waals surface area contributed by atoms with Gasteiger partial charge in [0, 0.05) is 13.2 Å². The maximum atomic E-state index is 13.7. The van der Waals surface area contributed by atoms with Crippen LogP contribution in [0.15, 0.2) is 18.2 Å². The summed E-state index contributed by atoms with van der Waals surface area (Å²) in [5.41, 5.74) is 0.594. The number of hydrogen-bond donors (Lipinski definition) is 1. The second-order valence-electron chi connectivity index (χ2n) is 4.82. The molecule has 1 rings (SSSR count). The Hall–Kier alpha value is -1.42. The molecule has 0 unspecified atom stereocenters. The molecule has 0 aliphatic rings. The van der Waals surface area contributed by atoms with Crippen LogP contribution in [0.4, 0.5) is 4.39 Å². The number of carbonyl (C=O) groups excluding carboxylic acids is 1. The zero-order valence-electron chi connectivity index (χ0n) is 11.8. The van der Waals surface area contributed by atoms with Gasteiger partial charge in [-0.25, -0.2) is 4.39 Å². The molecule has 0 aliphatic heterocycles. The number of amides is 1. The van der Waals surface area contributed by atoms with Gasteiger partial charge in [0.25, 0.3) is 5.91 Å². The van der Waals surface area contributed by atoms with E-state index >= 15 is 0 Å². The SMILES string of the molecule is Cc1cccc(C(=O)NCCCCOC(C)C)c1F. The topological polar surface area (TPSA) is 38.3 Å². The van der Waals surface area contributed by atoms with Crippen LogP contribution in [0.5, 0.6) is 0 Å². The van der Waals surface area contributed by atoms with E-state index in [0.717, 1.165) is 12.8 Å². The van der Waals surface area contributed by atoms with Crippen molar-refractivity contribution < 1.29 is 13.9 Å². The van der Waals surface area contributed by atoms with Gasteiger partial charge in [0.2, 0.25) is 0 Å². The molecule has 4 heteroatoms. The van der Waals surface area contributed by atoms with Crippen molar-refractivity contribution in [2.75, 3.05) is 13.2 Å². The first-order valence-corrected chi connectivity index (χ1v) is 6.67. The van der Waals surface area contributed by atoms with E-state index in [9.17, 15) is 9.18 Å². The largest absolute Gasteiger partial charge is 0.379 e. The van der Waals surface area contributed by atoms with E-state index in [1.54, 1.807) is 19.1 Å². The Balaban J connectivity index is 2.30. The number of aryl methyl sites for hydroxylation is 1. The monoisotopic (exact) mass is 267 g/mol. The summed E-state index contributed by atoms with van der Waals surface area (Å²) in [6.45, 7) is 6.85. The fourth-order valence-corrected chi connectivity index (χ4v) is 1.67. The van der Waals surface area contributed by atoms with E-state index in [-0.39, 0.29) is 17.6 Å². The zero-order valence-corrected chi connectivity index (χ0v) is 11.8. The summed E-state index contributed by atoms with van der Waals surface area (Å²) in [6, 6.07) is 4.83. The van der Waals surface area contributed by atoms with Crippen LogP contribution in [-0.2, 0) is 4.74 Å². The van der Waals surface area contributed by atoms with Crippen molar-refractivity contribution in [1.29, 1.82) is 0 Å². The summed E-state index contributed by atoms with van der Waals surface area (Å²) in [6.07, 6.45) is 1.94. The molecule has 106 valence electrons. The van der Waals surface area contributed by atoms with Gasteiger partial charge in [-0.15, -0.1) is 0 Å². The number of carbonyl (C=O) groups is 1. The molecule has 1 aromatic carbocycles. The summed E-state index contributed by atoms with van der Waals surface area (Å²) in [5, 5.41) is 2.72. The number of hydrogen-bond acceptors (Lipinski definition) is 2.